The van der Waals surface area contributed by atoms with Crippen LogP contribution in [-0.2, 0) is 6.42 Å². The molecule has 36 heavy (non-hydrogen) atoms. The van der Waals surface area contributed by atoms with Crippen LogP contribution in [0, 0.1) is 0 Å². The van der Waals surface area contributed by atoms with Crippen LogP contribution in [0.15, 0.2) is 58.2 Å². The second-order valence-corrected chi connectivity index (χ2v) is 10.3. The maximum absolute atomic E-state index is 12.6. The molecule has 0 unspecified atom stereocenters. The number of unbranched alkanes of at least 4 members (excludes halogenated alkanes) is 9. The Hall–Kier alpha value is -2.60. The molecule has 0 saturated carbocycles. The lowest BCUT2D eigenvalue weighted by Crippen LogP contribution is -2.08. The second-order valence-electron chi connectivity index (χ2n) is 9.26. The lowest BCUT2D eigenvalue weighted by atomic mass is 10.0. The summed E-state index contributed by atoms with van der Waals surface area (Å²) < 4.78 is 11.3. The number of aromatic nitrogens is 2. The molecule has 1 heterocycles. The number of aryl methyl sites for hydroxylation is 1. The van der Waals surface area contributed by atoms with E-state index in [1.807, 2.05) is 36.4 Å². The molecule has 0 spiro atoms. The molecule has 0 amide bonds. The Labute approximate surface area is 220 Å². The highest BCUT2D eigenvalue weighted by Crippen LogP contribution is 2.26. The van der Waals surface area contributed by atoms with Crippen molar-refractivity contribution in [2.24, 2.45) is 0 Å². The molecule has 2 aromatic carbocycles. The highest BCUT2D eigenvalue weighted by Gasteiger charge is 2.12. The van der Waals surface area contributed by atoms with Crippen molar-refractivity contribution >= 4 is 17.7 Å². The molecule has 0 aliphatic heterocycles. The normalized spacial score (nSPS) is 11.1. The lowest BCUT2D eigenvalue weighted by Gasteiger charge is -2.06. The van der Waals surface area contributed by atoms with Gasteiger partial charge in [0.15, 0.2) is 0 Å². The number of benzene rings is 2. The number of hydrogen-bond donors (Lipinski definition) is 0. The van der Waals surface area contributed by atoms with Gasteiger partial charge in [-0.25, -0.2) is 4.79 Å². The molecule has 194 valence electrons. The van der Waals surface area contributed by atoms with Gasteiger partial charge in [0.25, 0.3) is 5.22 Å². The summed E-state index contributed by atoms with van der Waals surface area (Å²) in [7, 11) is 0. The Morgan fingerprint density at radius 2 is 1.42 bits per heavy atom. The first-order valence-electron chi connectivity index (χ1n) is 13.6. The molecule has 0 N–H and O–H groups in total. The van der Waals surface area contributed by atoms with E-state index in [0.29, 0.717) is 22.4 Å². The zero-order valence-corrected chi connectivity index (χ0v) is 22.7. The predicted octanol–water partition coefficient (Wildman–Crippen LogP) is 8.92. The van der Waals surface area contributed by atoms with Crippen LogP contribution in [0.1, 0.15) is 100 Å². The van der Waals surface area contributed by atoms with Crippen LogP contribution >= 0.6 is 11.8 Å². The number of esters is 1. The molecule has 0 aliphatic carbocycles. The van der Waals surface area contributed by atoms with E-state index in [2.05, 4.69) is 24.0 Å². The average Bonchev–Trinajstić information content (AvgIpc) is 3.38. The standard InChI is InChI=1S/C30H40N2O3S/c1-3-5-7-8-9-10-11-12-14-24-15-17-26(18-16-24)29(33)34-27-21-19-25(20-22-27)28-31-32-30(35-28)36-23-13-6-4-2/h15-22H,3-14,23H2,1-2H3. The summed E-state index contributed by atoms with van der Waals surface area (Å²) >= 11 is 1.59. The summed E-state index contributed by atoms with van der Waals surface area (Å²) in [6.45, 7) is 4.44. The Morgan fingerprint density at radius 1 is 0.778 bits per heavy atom. The monoisotopic (exact) mass is 508 g/mol. The fourth-order valence-corrected chi connectivity index (χ4v) is 4.76. The average molecular weight is 509 g/mol. The van der Waals surface area contributed by atoms with Crippen molar-refractivity contribution in [1.29, 1.82) is 0 Å². The van der Waals surface area contributed by atoms with E-state index in [9.17, 15) is 4.79 Å². The largest absolute Gasteiger partial charge is 0.423 e. The van der Waals surface area contributed by atoms with E-state index in [1.54, 1.807) is 23.9 Å². The molecule has 0 radical (unpaired) electrons. The van der Waals surface area contributed by atoms with E-state index in [-0.39, 0.29) is 5.97 Å². The van der Waals surface area contributed by atoms with Gasteiger partial charge in [0.05, 0.1) is 5.56 Å². The summed E-state index contributed by atoms with van der Waals surface area (Å²) in [4.78, 5) is 12.6. The third-order valence-corrected chi connectivity index (χ3v) is 7.11. The minimum absolute atomic E-state index is 0.357. The topological polar surface area (TPSA) is 65.2 Å². The van der Waals surface area contributed by atoms with E-state index >= 15 is 0 Å². The number of nitrogens with zero attached hydrogens (tertiary/aromatic N) is 2. The highest BCUT2D eigenvalue weighted by molar-refractivity contribution is 7.99. The first-order chi connectivity index (χ1) is 17.7. The van der Waals surface area contributed by atoms with Crippen LogP contribution in [-0.4, -0.2) is 21.9 Å². The van der Waals surface area contributed by atoms with Crippen LogP contribution in [0.2, 0.25) is 0 Å². The van der Waals surface area contributed by atoms with Gasteiger partial charge in [-0.1, -0.05) is 95.5 Å². The first kappa shape index (κ1) is 28.0. The minimum Gasteiger partial charge on any atom is -0.423 e. The summed E-state index contributed by atoms with van der Waals surface area (Å²) in [6, 6.07) is 14.9. The van der Waals surface area contributed by atoms with E-state index < -0.39 is 0 Å². The fraction of sp³-hybridized carbons (Fsp3) is 0.500. The Morgan fingerprint density at radius 3 is 2.11 bits per heavy atom. The number of rotatable bonds is 17. The van der Waals surface area contributed by atoms with Crippen molar-refractivity contribution in [2.45, 2.75) is 96.1 Å². The van der Waals surface area contributed by atoms with Gasteiger partial charge in [-0.2, -0.15) is 0 Å². The smallest absolute Gasteiger partial charge is 0.343 e. The quantitative estimate of drug-likeness (QED) is 0.0785. The van der Waals surface area contributed by atoms with Crippen molar-refractivity contribution in [3.05, 3.63) is 59.7 Å². The number of carbonyl (C=O) groups excluding carboxylic acids is 1. The Bertz CT molecular complexity index is 1020. The molecule has 1 aromatic heterocycles. The minimum atomic E-state index is -0.357. The Kier molecular flexibility index (Phi) is 12.6. The van der Waals surface area contributed by atoms with Gasteiger partial charge in [0.2, 0.25) is 5.89 Å². The van der Waals surface area contributed by atoms with Gasteiger partial charge in [-0.3, -0.25) is 0 Å². The lowest BCUT2D eigenvalue weighted by molar-refractivity contribution is 0.0735. The maximum Gasteiger partial charge on any atom is 0.343 e. The summed E-state index contributed by atoms with van der Waals surface area (Å²) in [5, 5.41) is 8.83. The molecule has 0 bridgehead atoms. The fourth-order valence-electron chi connectivity index (χ4n) is 4.00. The van der Waals surface area contributed by atoms with Crippen LogP contribution in [0.5, 0.6) is 5.75 Å². The molecule has 3 rings (SSSR count). The molecule has 6 heteroatoms. The van der Waals surface area contributed by atoms with Crippen molar-refractivity contribution in [3.8, 4) is 17.2 Å². The summed E-state index contributed by atoms with van der Waals surface area (Å²) in [5.74, 6) is 1.58. The third-order valence-electron chi connectivity index (χ3n) is 6.20. The van der Waals surface area contributed by atoms with Crippen molar-refractivity contribution < 1.29 is 13.9 Å². The number of thioether (sulfide) groups is 1. The molecule has 0 saturated heterocycles. The number of hydrogen-bond acceptors (Lipinski definition) is 6. The Balaban J connectivity index is 1.40. The van der Waals surface area contributed by atoms with Crippen molar-refractivity contribution in [1.82, 2.24) is 10.2 Å². The number of ether oxygens (including phenoxy) is 1. The van der Waals surface area contributed by atoms with Gasteiger partial charge in [-0.05, 0) is 61.2 Å². The van der Waals surface area contributed by atoms with Crippen LogP contribution in [0.25, 0.3) is 11.5 Å². The van der Waals surface area contributed by atoms with E-state index in [1.165, 1.54) is 69.8 Å². The van der Waals surface area contributed by atoms with Gasteiger partial charge in [-0.15, -0.1) is 10.2 Å². The highest BCUT2D eigenvalue weighted by atomic mass is 32.2. The SMILES string of the molecule is CCCCCCCCCCc1ccc(C(=O)Oc2ccc(-c3nnc(SCCCCC)o3)cc2)cc1. The molecule has 0 atom stereocenters. The van der Waals surface area contributed by atoms with Gasteiger partial charge < -0.3 is 9.15 Å². The summed E-state index contributed by atoms with van der Waals surface area (Å²) in [5.41, 5.74) is 2.62. The van der Waals surface area contributed by atoms with Gasteiger partial charge >= 0.3 is 5.97 Å². The molecular weight excluding hydrogens is 468 g/mol. The first-order valence-corrected chi connectivity index (χ1v) is 14.6. The van der Waals surface area contributed by atoms with Crippen molar-refractivity contribution in [2.75, 3.05) is 5.75 Å². The predicted molar refractivity (Wildman–Crippen MR) is 148 cm³/mol. The van der Waals surface area contributed by atoms with Crippen LogP contribution in [0.4, 0.5) is 0 Å². The van der Waals surface area contributed by atoms with Crippen LogP contribution in [0.3, 0.4) is 0 Å². The zero-order valence-electron chi connectivity index (χ0n) is 21.8. The summed E-state index contributed by atoms with van der Waals surface area (Å²) in [6.07, 6.45) is 15.1. The zero-order chi connectivity index (χ0) is 25.4. The molecule has 5 nitrogen and oxygen atoms in total. The van der Waals surface area contributed by atoms with Gasteiger partial charge in [0.1, 0.15) is 5.75 Å². The molecule has 3 aromatic rings. The maximum atomic E-state index is 12.6. The van der Waals surface area contributed by atoms with E-state index in [4.69, 9.17) is 9.15 Å². The molecular formula is C30H40N2O3S. The number of carbonyl (C=O) groups is 1. The molecule has 0 aliphatic rings. The van der Waals surface area contributed by atoms with Gasteiger partial charge in [0, 0.05) is 11.3 Å². The van der Waals surface area contributed by atoms with Crippen LogP contribution < -0.4 is 4.74 Å². The molecule has 0 fully saturated rings. The third kappa shape index (κ3) is 9.81. The van der Waals surface area contributed by atoms with E-state index in [0.717, 1.165) is 24.2 Å². The second kappa shape index (κ2) is 16.2. The van der Waals surface area contributed by atoms with Crippen molar-refractivity contribution in [3.63, 3.8) is 0 Å².